The Morgan fingerprint density at radius 1 is 1.42 bits per heavy atom. The minimum atomic E-state index is -4.51. The van der Waals surface area contributed by atoms with Crippen molar-refractivity contribution in [2.75, 3.05) is 25.0 Å². The Bertz CT molecular complexity index is 669. The fourth-order valence-electron chi connectivity index (χ4n) is 2.78. The van der Waals surface area contributed by atoms with Crippen molar-refractivity contribution in [3.63, 3.8) is 0 Å². The largest absolute Gasteiger partial charge is 0.417 e. The first-order valence-corrected chi connectivity index (χ1v) is 8.56. The highest BCUT2D eigenvalue weighted by atomic mass is 35.5. The molecular weight excluding hydrogens is 373 g/mol. The average molecular weight is 393 g/mol. The molecule has 6 nitrogen and oxygen atoms in total. The summed E-state index contributed by atoms with van der Waals surface area (Å²) < 4.78 is 37.7. The molecule has 2 heterocycles. The minimum absolute atomic E-state index is 0.0517. The van der Waals surface area contributed by atoms with Gasteiger partial charge in [0.2, 0.25) is 11.8 Å². The molecule has 26 heavy (non-hydrogen) atoms. The number of nitrogens with one attached hydrogen (secondary N) is 2. The van der Waals surface area contributed by atoms with Crippen molar-refractivity contribution >= 4 is 29.2 Å². The number of carbonyl (C=O) groups excluding carboxylic acids is 2. The molecule has 0 saturated carbocycles. The van der Waals surface area contributed by atoms with Crippen molar-refractivity contribution in [2.24, 2.45) is 0 Å². The monoisotopic (exact) mass is 392 g/mol. The van der Waals surface area contributed by atoms with E-state index in [1.165, 1.54) is 6.92 Å². The number of hydrogen-bond acceptors (Lipinski definition) is 4. The number of halogens is 4. The number of piperidine rings is 1. The second kappa shape index (κ2) is 8.57. The smallest absolute Gasteiger partial charge is 0.368 e. The Balaban J connectivity index is 1.83. The van der Waals surface area contributed by atoms with Gasteiger partial charge in [-0.2, -0.15) is 13.2 Å². The second-order valence-electron chi connectivity index (χ2n) is 6.11. The van der Waals surface area contributed by atoms with Crippen LogP contribution in [0.2, 0.25) is 5.02 Å². The molecule has 2 rings (SSSR count). The molecule has 1 fully saturated rings. The molecule has 1 aliphatic heterocycles. The first-order valence-electron chi connectivity index (χ1n) is 8.18. The molecule has 10 heteroatoms. The topological polar surface area (TPSA) is 74.3 Å². The van der Waals surface area contributed by atoms with E-state index in [-0.39, 0.29) is 41.7 Å². The maximum Gasteiger partial charge on any atom is 0.417 e. The Morgan fingerprint density at radius 3 is 2.77 bits per heavy atom. The molecule has 1 unspecified atom stereocenters. The van der Waals surface area contributed by atoms with Crippen molar-refractivity contribution in [2.45, 2.75) is 38.4 Å². The number of rotatable bonds is 5. The summed E-state index contributed by atoms with van der Waals surface area (Å²) in [5.41, 5.74) is -0.929. The minimum Gasteiger partial charge on any atom is -0.368 e. The lowest BCUT2D eigenvalue weighted by Gasteiger charge is -2.33. The average Bonchev–Trinajstić information content (AvgIpc) is 2.55. The molecule has 1 atom stereocenters. The highest BCUT2D eigenvalue weighted by Gasteiger charge is 2.31. The van der Waals surface area contributed by atoms with Crippen LogP contribution in [0.4, 0.5) is 19.0 Å². The van der Waals surface area contributed by atoms with E-state index in [1.54, 1.807) is 4.90 Å². The van der Waals surface area contributed by atoms with Crippen LogP contribution in [0, 0.1) is 0 Å². The van der Waals surface area contributed by atoms with E-state index in [2.05, 4.69) is 15.6 Å². The molecule has 1 aromatic heterocycles. The maximum absolute atomic E-state index is 12.6. The van der Waals surface area contributed by atoms with E-state index < -0.39 is 11.7 Å². The summed E-state index contributed by atoms with van der Waals surface area (Å²) in [4.78, 5) is 28.7. The summed E-state index contributed by atoms with van der Waals surface area (Å²) >= 11 is 5.81. The molecule has 2 N–H and O–H groups in total. The first-order chi connectivity index (χ1) is 12.2. The van der Waals surface area contributed by atoms with Crippen molar-refractivity contribution in [1.29, 1.82) is 0 Å². The van der Waals surface area contributed by atoms with E-state index in [9.17, 15) is 22.8 Å². The van der Waals surface area contributed by atoms with Crippen LogP contribution in [-0.2, 0) is 15.8 Å². The third-order valence-electron chi connectivity index (χ3n) is 3.98. The van der Waals surface area contributed by atoms with Crippen LogP contribution in [0.25, 0.3) is 0 Å². The molecule has 2 amide bonds. The molecule has 0 aliphatic carbocycles. The molecule has 0 bridgehead atoms. The number of aromatic nitrogens is 1. The van der Waals surface area contributed by atoms with E-state index in [4.69, 9.17) is 11.6 Å². The number of anilines is 1. The maximum atomic E-state index is 12.6. The van der Waals surface area contributed by atoms with Crippen LogP contribution >= 0.6 is 11.6 Å². The van der Waals surface area contributed by atoms with Gasteiger partial charge in [0.1, 0.15) is 5.82 Å². The van der Waals surface area contributed by atoms with Gasteiger partial charge in [0, 0.05) is 45.2 Å². The summed E-state index contributed by atoms with van der Waals surface area (Å²) in [6, 6.07) is 0.741. The lowest BCUT2D eigenvalue weighted by atomic mass is 10.1. The van der Waals surface area contributed by atoms with E-state index >= 15 is 0 Å². The number of alkyl halides is 3. The van der Waals surface area contributed by atoms with E-state index in [0.29, 0.717) is 19.3 Å². The number of likely N-dealkylation sites (tertiary alicyclic amines) is 1. The quantitative estimate of drug-likeness (QED) is 0.808. The molecule has 0 aromatic carbocycles. The zero-order valence-electron chi connectivity index (χ0n) is 14.2. The standard InChI is InChI=1S/C16H20ClF3N4O2/c1-10(25)23-12-3-2-6-24(9-12)14(26)4-5-21-15-13(17)7-11(8-22-15)16(18,19)20/h7-8,12H,2-6,9H2,1H3,(H,21,22)(H,23,25). The molecule has 144 valence electrons. The third-order valence-corrected chi connectivity index (χ3v) is 4.27. The van der Waals surface area contributed by atoms with Crippen LogP contribution in [0.1, 0.15) is 31.7 Å². The van der Waals surface area contributed by atoms with Gasteiger partial charge in [-0.25, -0.2) is 4.98 Å². The van der Waals surface area contributed by atoms with Crippen molar-refractivity contribution in [1.82, 2.24) is 15.2 Å². The predicted molar refractivity (Wildman–Crippen MR) is 90.8 cm³/mol. The van der Waals surface area contributed by atoms with Gasteiger partial charge in [-0.05, 0) is 18.9 Å². The summed E-state index contributed by atoms with van der Waals surface area (Å²) in [6.45, 7) is 2.70. The molecule has 1 aromatic rings. The highest BCUT2D eigenvalue weighted by molar-refractivity contribution is 6.32. The molecule has 1 saturated heterocycles. The Morgan fingerprint density at radius 2 is 2.15 bits per heavy atom. The predicted octanol–water partition coefficient (Wildman–Crippen LogP) is 2.68. The molecule has 1 aliphatic rings. The Labute approximate surface area is 154 Å². The SMILES string of the molecule is CC(=O)NC1CCCN(C(=O)CCNc2ncc(C(F)(F)F)cc2Cl)C1. The number of amides is 2. The lowest BCUT2D eigenvalue weighted by Crippen LogP contribution is -2.49. The fraction of sp³-hybridized carbons (Fsp3) is 0.562. The van der Waals surface area contributed by atoms with E-state index in [1.807, 2.05) is 0 Å². The number of carbonyl (C=O) groups is 2. The number of pyridine rings is 1. The van der Waals surface area contributed by atoms with Gasteiger partial charge in [0.15, 0.2) is 0 Å². The van der Waals surface area contributed by atoms with Crippen LogP contribution in [-0.4, -0.2) is 47.4 Å². The lowest BCUT2D eigenvalue weighted by molar-refractivity contribution is -0.137. The van der Waals surface area contributed by atoms with Gasteiger partial charge >= 0.3 is 6.18 Å². The molecular formula is C16H20ClF3N4O2. The zero-order chi connectivity index (χ0) is 19.3. The van der Waals surface area contributed by atoms with E-state index in [0.717, 1.165) is 18.9 Å². The molecule has 0 radical (unpaired) electrons. The van der Waals surface area contributed by atoms with Crippen molar-refractivity contribution in [3.05, 3.63) is 22.8 Å². The number of nitrogens with zero attached hydrogens (tertiary/aromatic N) is 2. The Hall–Kier alpha value is -2.03. The van der Waals surface area contributed by atoms with Crippen molar-refractivity contribution in [3.8, 4) is 0 Å². The van der Waals surface area contributed by atoms with Gasteiger partial charge < -0.3 is 15.5 Å². The summed E-state index contributed by atoms with van der Waals surface area (Å²) in [6.07, 6.45) is -2.04. The zero-order valence-corrected chi connectivity index (χ0v) is 15.0. The van der Waals surface area contributed by atoms with Crippen LogP contribution in [0.3, 0.4) is 0 Å². The van der Waals surface area contributed by atoms with Crippen LogP contribution in [0.15, 0.2) is 12.3 Å². The summed E-state index contributed by atoms with van der Waals surface area (Å²) in [5, 5.41) is 5.43. The van der Waals surface area contributed by atoms with Crippen LogP contribution < -0.4 is 10.6 Å². The van der Waals surface area contributed by atoms with Crippen LogP contribution in [0.5, 0.6) is 0 Å². The van der Waals surface area contributed by atoms with Crippen molar-refractivity contribution < 1.29 is 22.8 Å². The molecule has 0 spiro atoms. The number of hydrogen-bond donors (Lipinski definition) is 2. The second-order valence-corrected chi connectivity index (χ2v) is 6.52. The van der Waals surface area contributed by atoms with Gasteiger partial charge in [0.25, 0.3) is 0 Å². The van der Waals surface area contributed by atoms with Gasteiger partial charge in [-0.1, -0.05) is 11.6 Å². The third kappa shape index (κ3) is 5.76. The normalized spacial score (nSPS) is 17.7. The Kier molecular flexibility index (Phi) is 6.69. The summed E-state index contributed by atoms with van der Waals surface area (Å²) in [5.74, 6) is -0.133. The summed E-state index contributed by atoms with van der Waals surface area (Å²) in [7, 11) is 0. The van der Waals surface area contributed by atoms with Gasteiger partial charge in [0.05, 0.1) is 10.6 Å². The fourth-order valence-corrected chi connectivity index (χ4v) is 3.01. The van der Waals surface area contributed by atoms with Gasteiger partial charge in [-0.3, -0.25) is 9.59 Å². The first kappa shape index (κ1) is 20.3. The highest BCUT2D eigenvalue weighted by Crippen LogP contribution is 2.32. The van der Waals surface area contributed by atoms with Gasteiger partial charge in [-0.15, -0.1) is 0 Å².